The summed E-state index contributed by atoms with van der Waals surface area (Å²) in [4.78, 5) is 14.8. The number of aromatic nitrogens is 3. The molecule has 1 amide bonds. The fraction of sp³-hybridized carbons (Fsp3) is 0.348. The Morgan fingerprint density at radius 3 is 2.71 bits per heavy atom. The van der Waals surface area contributed by atoms with E-state index in [-0.39, 0.29) is 30.1 Å². The van der Waals surface area contributed by atoms with Gasteiger partial charge in [-0.3, -0.25) is 4.79 Å². The molecular formula is C23H24ClFN4OS. The summed E-state index contributed by atoms with van der Waals surface area (Å²) in [6.45, 7) is 4.96. The van der Waals surface area contributed by atoms with Crippen molar-refractivity contribution in [2.75, 3.05) is 5.75 Å². The molecule has 5 nitrogen and oxygen atoms in total. The molecule has 1 aliphatic rings. The highest BCUT2D eigenvalue weighted by atomic mass is 35.5. The zero-order valence-corrected chi connectivity index (χ0v) is 19.1. The molecule has 0 atom stereocenters. The predicted molar refractivity (Wildman–Crippen MR) is 122 cm³/mol. The molecule has 0 unspecified atom stereocenters. The Morgan fingerprint density at radius 1 is 1.26 bits per heavy atom. The summed E-state index contributed by atoms with van der Waals surface area (Å²) < 4.78 is 16.3. The molecule has 0 radical (unpaired) electrons. The number of rotatable bonds is 8. The van der Waals surface area contributed by atoms with E-state index in [0.717, 1.165) is 29.8 Å². The molecule has 0 spiro atoms. The fourth-order valence-corrected chi connectivity index (χ4v) is 4.66. The summed E-state index contributed by atoms with van der Waals surface area (Å²) in [5, 5.41) is 9.73. The minimum Gasteiger partial charge on any atom is -0.334 e. The van der Waals surface area contributed by atoms with Crippen molar-refractivity contribution in [2.45, 2.75) is 51.0 Å². The van der Waals surface area contributed by atoms with Gasteiger partial charge in [0.15, 0.2) is 11.0 Å². The van der Waals surface area contributed by atoms with Crippen LogP contribution in [0.25, 0.3) is 11.4 Å². The van der Waals surface area contributed by atoms with E-state index in [2.05, 4.69) is 16.3 Å². The third-order valence-corrected chi connectivity index (χ3v) is 6.64. The Balaban J connectivity index is 1.48. The van der Waals surface area contributed by atoms with E-state index in [1.807, 2.05) is 36.6 Å². The van der Waals surface area contributed by atoms with Crippen LogP contribution in [-0.4, -0.2) is 37.4 Å². The number of carbonyl (C=O) groups is 1. The van der Waals surface area contributed by atoms with Crippen LogP contribution in [-0.2, 0) is 17.9 Å². The molecule has 1 saturated carbocycles. The van der Waals surface area contributed by atoms with Gasteiger partial charge in [-0.05, 0) is 44.9 Å². The summed E-state index contributed by atoms with van der Waals surface area (Å²) >= 11 is 7.55. The van der Waals surface area contributed by atoms with Gasteiger partial charge in [-0.25, -0.2) is 4.39 Å². The van der Waals surface area contributed by atoms with E-state index in [4.69, 9.17) is 11.6 Å². The van der Waals surface area contributed by atoms with Crippen LogP contribution in [0.15, 0.2) is 47.6 Å². The molecular weight excluding hydrogens is 435 g/mol. The van der Waals surface area contributed by atoms with Crippen molar-refractivity contribution in [3.05, 3.63) is 64.4 Å². The van der Waals surface area contributed by atoms with Crippen LogP contribution in [0.1, 0.15) is 30.9 Å². The van der Waals surface area contributed by atoms with Gasteiger partial charge in [0.25, 0.3) is 0 Å². The monoisotopic (exact) mass is 458 g/mol. The Kier molecular flexibility index (Phi) is 6.62. The van der Waals surface area contributed by atoms with E-state index in [0.29, 0.717) is 22.3 Å². The van der Waals surface area contributed by atoms with Gasteiger partial charge < -0.3 is 9.47 Å². The highest BCUT2D eigenvalue weighted by Crippen LogP contribution is 2.32. The number of hydrogen-bond acceptors (Lipinski definition) is 4. The Hall–Kier alpha value is -2.38. The van der Waals surface area contributed by atoms with Crippen molar-refractivity contribution < 1.29 is 9.18 Å². The van der Waals surface area contributed by atoms with E-state index >= 15 is 0 Å². The number of aryl methyl sites for hydroxylation is 1. The summed E-state index contributed by atoms with van der Waals surface area (Å²) in [5.41, 5.74) is 2.52. The average Bonchev–Trinajstić information content (AvgIpc) is 3.50. The van der Waals surface area contributed by atoms with Crippen molar-refractivity contribution in [3.63, 3.8) is 0 Å². The molecule has 0 saturated heterocycles. The number of nitrogens with zero attached hydrogens (tertiary/aromatic N) is 4. The van der Waals surface area contributed by atoms with Crippen LogP contribution in [0.3, 0.4) is 0 Å². The summed E-state index contributed by atoms with van der Waals surface area (Å²) in [6.07, 6.45) is 1.87. The van der Waals surface area contributed by atoms with Crippen LogP contribution in [0, 0.1) is 12.7 Å². The van der Waals surface area contributed by atoms with Crippen LogP contribution in [0.2, 0.25) is 5.02 Å². The van der Waals surface area contributed by atoms with E-state index in [9.17, 15) is 9.18 Å². The molecule has 1 aliphatic carbocycles. The van der Waals surface area contributed by atoms with Gasteiger partial charge in [0, 0.05) is 28.7 Å². The lowest BCUT2D eigenvalue weighted by Gasteiger charge is -2.23. The topological polar surface area (TPSA) is 51.0 Å². The normalized spacial score (nSPS) is 13.4. The number of hydrogen-bond donors (Lipinski definition) is 0. The van der Waals surface area contributed by atoms with Crippen LogP contribution in [0.4, 0.5) is 4.39 Å². The third kappa shape index (κ3) is 4.93. The molecule has 0 N–H and O–H groups in total. The second kappa shape index (κ2) is 9.40. The smallest absolute Gasteiger partial charge is 0.233 e. The van der Waals surface area contributed by atoms with Gasteiger partial charge in [0.05, 0.1) is 12.3 Å². The molecule has 1 aromatic heterocycles. The molecule has 2 aromatic carbocycles. The van der Waals surface area contributed by atoms with Gasteiger partial charge in [-0.15, -0.1) is 10.2 Å². The summed E-state index contributed by atoms with van der Waals surface area (Å²) in [5.74, 6) is 0.578. The number of halogens is 2. The SMILES string of the molecule is CCn1c(SCC(=O)N(Cc2c(F)cccc2Cl)C2CC2)nnc1-c1cccc(C)c1. The molecule has 4 rings (SSSR count). The number of thioether (sulfide) groups is 1. The van der Waals surface area contributed by atoms with Crippen molar-refractivity contribution in [1.29, 1.82) is 0 Å². The fourth-order valence-electron chi connectivity index (χ4n) is 3.55. The van der Waals surface area contributed by atoms with Gasteiger partial charge in [-0.1, -0.05) is 53.2 Å². The lowest BCUT2D eigenvalue weighted by atomic mass is 10.1. The molecule has 1 heterocycles. The zero-order chi connectivity index (χ0) is 22.0. The minimum absolute atomic E-state index is 0.0467. The minimum atomic E-state index is -0.382. The molecule has 31 heavy (non-hydrogen) atoms. The Morgan fingerprint density at radius 2 is 2.03 bits per heavy atom. The Labute approximate surface area is 190 Å². The molecule has 0 bridgehead atoms. The van der Waals surface area contributed by atoms with Gasteiger partial charge in [0.2, 0.25) is 5.91 Å². The molecule has 1 fully saturated rings. The summed E-state index contributed by atoms with van der Waals surface area (Å²) in [6, 6.07) is 12.9. The van der Waals surface area contributed by atoms with Crippen LogP contribution >= 0.6 is 23.4 Å². The molecule has 0 aliphatic heterocycles. The highest BCUT2D eigenvalue weighted by Gasteiger charge is 2.33. The Bertz CT molecular complexity index is 1080. The van der Waals surface area contributed by atoms with Gasteiger partial charge >= 0.3 is 0 Å². The van der Waals surface area contributed by atoms with Crippen molar-refractivity contribution in [1.82, 2.24) is 19.7 Å². The quantitative estimate of drug-likeness (QED) is 0.427. The maximum atomic E-state index is 14.3. The van der Waals surface area contributed by atoms with E-state index < -0.39 is 0 Å². The van der Waals surface area contributed by atoms with Gasteiger partial charge in [0.1, 0.15) is 5.82 Å². The second-order valence-electron chi connectivity index (χ2n) is 7.66. The zero-order valence-electron chi connectivity index (χ0n) is 17.5. The third-order valence-electron chi connectivity index (χ3n) is 5.33. The van der Waals surface area contributed by atoms with E-state index in [1.54, 1.807) is 17.0 Å². The highest BCUT2D eigenvalue weighted by molar-refractivity contribution is 7.99. The predicted octanol–water partition coefficient (Wildman–Crippen LogP) is 5.35. The van der Waals surface area contributed by atoms with Crippen LogP contribution in [0.5, 0.6) is 0 Å². The van der Waals surface area contributed by atoms with Crippen molar-refractivity contribution >= 4 is 29.3 Å². The lowest BCUT2D eigenvalue weighted by Crippen LogP contribution is -2.34. The number of benzene rings is 2. The first kappa shape index (κ1) is 21.8. The number of amides is 1. The average molecular weight is 459 g/mol. The maximum absolute atomic E-state index is 14.3. The molecule has 3 aromatic rings. The first-order valence-corrected chi connectivity index (χ1v) is 11.7. The number of carbonyl (C=O) groups excluding carboxylic acids is 1. The largest absolute Gasteiger partial charge is 0.334 e. The summed E-state index contributed by atoms with van der Waals surface area (Å²) in [7, 11) is 0. The standard InChI is InChI=1S/C23H24ClFN4OS/c1-3-28-22(16-7-4-6-15(2)12-16)26-27-23(28)31-14-21(30)29(17-10-11-17)13-18-19(24)8-5-9-20(18)25/h4-9,12,17H,3,10-11,13-14H2,1-2H3. The van der Waals surface area contributed by atoms with Crippen molar-refractivity contribution in [2.24, 2.45) is 0 Å². The van der Waals surface area contributed by atoms with E-state index in [1.165, 1.54) is 17.8 Å². The van der Waals surface area contributed by atoms with Crippen LogP contribution < -0.4 is 0 Å². The lowest BCUT2D eigenvalue weighted by molar-refractivity contribution is -0.129. The molecule has 8 heteroatoms. The maximum Gasteiger partial charge on any atom is 0.233 e. The second-order valence-corrected chi connectivity index (χ2v) is 9.01. The molecule has 162 valence electrons. The first-order chi connectivity index (χ1) is 15.0. The van der Waals surface area contributed by atoms with Gasteiger partial charge in [-0.2, -0.15) is 0 Å². The first-order valence-electron chi connectivity index (χ1n) is 10.3. The van der Waals surface area contributed by atoms with Crippen molar-refractivity contribution in [3.8, 4) is 11.4 Å².